The molecule has 0 saturated heterocycles. The van der Waals surface area contributed by atoms with Crippen molar-refractivity contribution in [2.45, 2.75) is 0 Å². The maximum atomic E-state index is 11.4. The summed E-state index contributed by atoms with van der Waals surface area (Å²) in [6.45, 7) is 0. The van der Waals surface area contributed by atoms with E-state index in [-0.39, 0.29) is 16.2 Å². The molecule has 0 fully saturated rings. The predicted octanol–water partition coefficient (Wildman–Crippen LogP) is 1.12. The molecular formula is C9H7N3O2S. The minimum absolute atomic E-state index is 0.0881. The maximum absolute atomic E-state index is 11.4. The second-order valence-electron chi connectivity index (χ2n) is 2.88. The number of aromatic hydroxyl groups is 1. The van der Waals surface area contributed by atoms with Crippen molar-refractivity contribution in [2.75, 3.05) is 0 Å². The number of aliphatic imine (C=N–C) groups is 1. The molecule has 0 aliphatic carbocycles. The number of hydrogen-bond donors (Lipinski definition) is 3. The normalized spacial score (nSPS) is 16.4. The Morgan fingerprint density at radius 1 is 1.47 bits per heavy atom. The van der Waals surface area contributed by atoms with E-state index in [1.807, 2.05) is 0 Å². The molecule has 1 aliphatic heterocycles. The van der Waals surface area contributed by atoms with Crippen molar-refractivity contribution in [1.29, 1.82) is 0 Å². The van der Waals surface area contributed by atoms with E-state index >= 15 is 0 Å². The molecule has 2 heterocycles. The van der Waals surface area contributed by atoms with Gasteiger partial charge in [-0.15, -0.1) is 0 Å². The van der Waals surface area contributed by atoms with Gasteiger partial charge in [-0.2, -0.15) is 0 Å². The highest BCUT2D eigenvalue weighted by molar-refractivity contribution is 7.71. The SMILES string of the molecule is O=c1[nH]c(=S)[nH]c(O)c1/C=C1/C=CC=N1. The average molecular weight is 221 g/mol. The van der Waals surface area contributed by atoms with Crippen molar-refractivity contribution < 1.29 is 5.11 Å². The van der Waals surface area contributed by atoms with E-state index in [9.17, 15) is 9.90 Å². The van der Waals surface area contributed by atoms with Gasteiger partial charge in [-0.05, 0) is 30.4 Å². The van der Waals surface area contributed by atoms with Crippen LogP contribution in [0.15, 0.2) is 27.6 Å². The molecule has 1 aliphatic rings. The van der Waals surface area contributed by atoms with E-state index in [0.717, 1.165) is 0 Å². The fourth-order valence-electron chi connectivity index (χ4n) is 1.17. The number of H-pyrrole nitrogens is 2. The first-order chi connectivity index (χ1) is 7.16. The molecule has 1 aromatic heterocycles. The molecule has 0 radical (unpaired) electrons. The van der Waals surface area contributed by atoms with Gasteiger partial charge in [-0.25, -0.2) is 0 Å². The largest absolute Gasteiger partial charge is 0.494 e. The Morgan fingerprint density at radius 2 is 2.27 bits per heavy atom. The van der Waals surface area contributed by atoms with Crippen LogP contribution in [-0.4, -0.2) is 21.3 Å². The molecule has 0 atom stereocenters. The van der Waals surface area contributed by atoms with Crippen LogP contribution >= 0.6 is 12.2 Å². The van der Waals surface area contributed by atoms with Gasteiger partial charge in [0.15, 0.2) is 4.77 Å². The minimum Gasteiger partial charge on any atom is -0.494 e. The summed E-state index contributed by atoms with van der Waals surface area (Å²) in [6.07, 6.45) is 6.53. The smallest absolute Gasteiger partial charge is 0.262 e. The molecule has 76 valence electrons. The molecule has 0 amide bonds. The van der Waals surface area contributed by atoms with Crippen molar-refractivity contribution in [3.05, 3.63) is 38.5 Å². The fraction of sp³-hybridized carbons (Fsp3) is 0. The molecular weight excluding hydrogens is 214 g/mol. The van der Waals surface area contributed by atoms with Gasteiger partial charge in [0.2, 0.25) is 5.88 Å². The number of nitrogens with zero attached hydrogens (tertiary/aromatic N) is 1. The van der Waals surface area contributed by atoms with Gasteiger partial charge in [0.1, 0.15) is 5.56 Å². The predicted molar refractivity (Wildman–Crippen MR) is 59.5 cm³/mol. The van der Waals surface area contributed by atoms with Crippen LogP contribution in [-0.2, 0) is 0 Å². The highest BCUT2D eigenvalue weighted by Gasteiger charge is 2.05. The van der Waals surface area contributed by atoms with Crippen LogP contribution in [0.4, 0.5) is 0 Å². The Kier molecular flexibility index (Phi) is 2.34. The first-order valence-electron chi connectivity index (χ1n) is 4.15. The Bertz CT molecular complexity index is 578. The second-order valence-corrected chi connectivity index (χ2v) is 3.29. The monoisotopic (exact) mass is 221 g/mol. The second kappa shape index (κ2) is 3.66. The van der Waals surface area contributed by atoms with Gasteiger partial charge in [0.05, 0.1) is 5.70 Å². The van der Waals surface area contributed by atoms with E-state index in [1.165, 1.54) is 6.08 Å². The Hall–Kier alpha value is -1.95. The van der Waals surface area contributed by atoms with Gasteiger partial charge in [0, 0.05) is 6.21 Å². The van der Waals surface area contributed by atoms with Crippen LogP contribution in [0.5, 0.6) is 5.88 Å². The molecule has 5 nitrogen and oxygen atoms in total. The Labute approximate surface area is 89.5 Å². The number of nitrogens with one attached hydrogen (secondary N) is 2. The summed E-state index contributed by atoms with van der Waals surface area (Å²) in [4.78, 5) is 20.2. The molecule has 6 heteroatoms. The lowest BCUT2D eigenvalue weighted by Crippen LogP contribution is -2.10. The van der Waals surface area contributed by atoms with Crippen LogP contribution in [0.2, 0.25) is 0 Å². The van der Waals surface area contributed by atoms with Gasteiger partial charge in [-0.1, -0.05) is 0 Å². The summed E-state index contributed by atoms with van der Waals surface area (Å²) >= 11 is 4.69. The fourth-order valence-corrected chi connectivity index (χ4v) is 1.35. The lowest BCUT2D eigenvalue weighted by molar-refractivity contribution is 0.448. The van der Waals surface area contributed by atoms with Gasteiger partial charge in [0.25, 0.3) is 5.56 Å². The van der Waals surface area contributed by atoms with Crippen molar-refractivity contribution >= 4 is 24.5 Å². The quantitative estimate of drug-likeness (QED) is 0.621. The number of rotatable bonds is 1. The van der Waals surface area contributed by atoms with Crippen molar-refractivity contribution in [3.8, 4) is 5.88 Å². The van der Waals surface area contributed by atoms with Crippen LogP contribution in [0.1, 0.15) is 5.56 Å². The van der Waals surface area contributed by atoms with Gasteiger partial charge >= 0.3 is 0 Å². The highest BCUT2D eigenvalue weighted by Crippen LogP contribution is 2.14. The molecule has 0 saturated carbocycles. The van der Waals surface area contributed by atoms with Crippen LogP contribution < -0.4 is 5.56 Å². The zero-order valence-electron chi connectivity index (χ0n) is 7.52. The lowest BCUT2D eigenvalue weighted by atomic mass is 10.2. The molecule has 0 spiro atoms. The summed E-state index contributed by atoms with van der Waals surface area (Å²) in [5, 5.41) is 9.47. The molecule has 0 bridgehead atoms. The molecule has 2 rings (SSSR count). The van der Waals surface area contributed by atoms with Crippen LogP contribution in [0, 0.1) is 4.77 Å². The summed E-state index contributed by atoms with van der Waals surface area (Å²) in [6, 6.07) is 0. The first kappa shape index (κ1) is 9.60. The van der Waals surface area contributed by atoms with Crippen molar-refractivity contribution in [2.24, 2.45) is 4.99 Å². The van der Waals surface area contributed by atoms with Crippen molar-refractivity contribution in [3.63, 3.8) is 0 Å². The highest BCUT2D eigenvalue weighted by atomic mass is 32.1. The van der Waals surface area contributed by atoms with Crippen LogP contribution in [0.25, 0.3) is 6.08 Å². The maximum Gasteiger partial charge on any atom is 0.262 e. The van der Waals surface area contributed by atoms with E-state index < -0.39 is 5.56 Å². The average Bonchev–Trinajstić information content (AvgIpc) is 2.63. The molecule has 3 N–H and O–H groups in total. The third kappa shape index (κ3) is 1.94. The standard InChI is InChI=1S/C9H7N3O2S/c13-7-6(4-5-2-1-3-10-5)8(14)12-9(15)11-7/h1-4H,(H3,11,12,13,14,15)/b5-4-. The Balaban J connectivity index is 2.59. The minimum atomic E-state index is -0.445. The number of hydrogen-bond acceptors (Lipinski definition) is 4. The summed E-state index contributed by atoms with van der Waals surface area (Å²) in [7, 11) is 0. The molecule has 1 aromatic rings. The Morgan fingerprint density at radius 3 is 2.87 bits per heavy atom. The lowest BCUT2D eigenvalue weighted by Gasteiger charge is -1.97. The van der Waals surface area contributed by atoms with E-state index in [4.69, 9.17) is 12.2 Å². The van der Waals surface area contributed by atoms with E-state index in [0.29, 0.717) is 5.70 Å². The number of allylic oxidation sites excluding steroid dienone is 2. The molecule has 0 unspecified atom stereocenters. The molecule has 15 heavy (non-hydrogen) atoms. The zero-order chi connectivity index (χ0) is 10.8. The van der Waals surface area contributed by atoms with Gasteiger partial charge < -0.3 is 10.1 Å². The summed E-state index contributed by atoms with van der Waals surface area (Å²) in [5.41, 5.74) is 0.267. The molecule has 0 aromatic carbocycles. The number of aromatic nitrogens is 2. The zero-order valence-corrected chi connectivity index (χ0v) is 8.34. The summed E-state index contributed by atoms with van der Waals surface area (Å²) < 4.78 is 0.0881. The van der Waals surface area contributed by atoms with E-state index in [2.05, 4.69) is 15.0 Å². The topological polar surface area (TPSA) is 81.2 Å². The van der Waals surface area contributed by atoms with Gasteiger partial charge in [-0.3, -0.25) is 14.8 Å². The third-order valence-corrected chi connectivity index (χ3v) is 2.03. The summed E-state index contributed by atoms with van der Waals surface area (Å²) in [5.74, 6) is -0.258. The van der Waals surface area contributed by atoms with Crippen molar-refractivity contribution in [1.82, 2.24) is 9.97 Å². The van der Waals surface area contributed by atoms with E-state index in [1.54, 1.807) is 18.4 Å². The third-order valence-electron chi connectivity index (χ3n) is 1.83. The number of aromatic amines is 2. The van der Waals surface area contributed by atoms with Crippen LogP contribution in [0.3, 0.4) is 0 Å². The first-order valence-corrected chi connectivity index (χ1v) is 4.55.